The van der Waals surface area contributed by atoms with Gasteiger partial charge in [0, 0.05) is 38.4 Å². The summed E-state index contributed by atoms with van der Waals surface area (Å²) in [5.74, 6) is 2.88. The second-order valence-corrected chi connectivity index (χ2v) is 7.11. The Labute approximate surface area is 179 Å². The van der Waals surface area contributed by atoms with Gasteiger partial charge >= 0.3 is 0 Å². The maximum absolute atomic E-state index is 13.0. The monoisotopic (exact) mass is 422 g/mol. The van der Waals surface area contributed by atoms with Gasteiger partial charge in [0.05, 0.1) is 0 Å². The van der Waals surface area contributed by atoms with Crippen molar-refractivity contribution >= 4 is 23.4 Å². The summed E-state index contributed by atoms with van der Waals surface area (Å²) in [6.07, 6.45) is 1.72. The molecule has 0 saturated carbocycles. The highest BCUT2D eigenvalue weighted by atomic mass is 19.1. The number of hydrogen-bond donors (Lipinski definition) is 1. The van der Waals surface area contributed by atoms with E-state index in [1.165, 1.54) is 24.3 Å². The van der Waals surface area contributed by atoms with Crippen molar-refractivity contribution in [3.05, 3.63) is 66.4 Å². The zero-order chi connectivity index (χ0) is 21.6. The number of hydrogen-bond acceptors (Lipinski definition) is 7. The molecule has 31 heavy (non-hydrogen) atoms. The molecule has 4 rings (SSSR count). The van der Waals surface area contributed by atoms with Crippen LogP contribution in [0.5, 0.6) is 5.75 Å². The van der Waals surface area contributed by atoms with Gasteiger partial charge in [0.1, 0.15) is 34.8 Å². The molecule has 1 fully saturated rings. The molecule has 2 aromatic heterocycles. The largest absolute Gasteiger partial charge is 0.484 e. The van der Waals surface area contributed by atoms with Gasteiger partial charge in [-0.3, -0.25) is 4.79 Å². The molecule has 1 amide bonds. The van der Waals surface area contributed by atoms with Crippen LogP contribution in [0.3, 0.4) is 0 Å². The van der Waals surface area contributed by atoms with Crippen LogP contribution in [0, 0.1) is 12.7 Å². The topological polar surface area (TPSA) is 83.5 Å². The number of amides is 1. The van der Waals surface area contributed by atoms with Crippen molar-refractivity contribution in [2.45, 2.75) is 6.92 Å². The molecule has 9 heteroatoms. The summed E-state index contributed by atoms with van der Waals surface area (Å²) in [7, 11) is 0. The Hall–Kier alpha value is -3.75. The number of aryl methyl sites for hydroxylation is 1. The van der Waals surface area contributed by atoms with E-state index in [9.17, 15) is 9.18 Å². The number of carbonyl (C=O) groups excluding carboxylic acids is 1. The molecule has 1 aromatic carbocycles. The Morgan fingerprint density at radius 3 is 2.55 bits per heavy atom. The third kappa shape index (κ3) is 5.44. The normalized spacial score (nSPS) is 13.7. The summed E-state index contributed by atoms with van der Waals surface area (Å²) < 4.78 is 18.4. The summed E-state index contributed by atoms with van der Waals surface area (Å²) in [6, 6.07) is 13.1. The lowest BCUT2D eigenvalue weighted by Crippen LogP contribution is -2.50. The third-order valence-corrected chi connectivity index (χ3v) is 4.88. The van der Waals surface area contributed by atoms with Gasteiger partial charge in [0.2, 0.25) is 0 Å². The van der Waals surface area contributed by atoms with Gasteiger partial charge in [-0.2, -0.15) is 0 Å². The first-order valence-electron chi connectivity index (χ1n) is 10.0. The number of rotatable bonds is 6. The SMILES string of the molecule is Cc1nc(Nc2ccccn2)cc(N2CCN(C(=O)COc3ccc(F)cc3)CC2)n1. The Morgan fingerprint density at radius 2 is 1.84 bits per heavy atom. The van der Waals surface area contributed by atoms with E-state index in [-0.39, 0.29) is 18.3 Å². The van der Waals surface area contributed by atoms with Crippen LogP contribution in [0.15, 0.2) is 54.7 Å². The van der Waals surface area contributed by atoms with Gasteiger partial charge in [-0.1, -0.05) is 6.07 Å². The zero-order valence-electron chi connectivity index (χ0n) is 17.2. The van der Waals surface area contributed by atoms with E-state index in [0.29, 0.717) is 49.4 Å². The average Bonchev–Trinajstić information content (AvgIpc) is 2.79. The Balaban J connectivity index is 1.32. The van der Waals surface area contributed by atoms with E-state index in [2.05, 4.69) is 25.2 Å². The number of halogens is 1. The van der Waals surface area contributed by atoms with Crippen molar-refractivity contribution in [2.24, 2.45) is 0 Å². The van der Waals surface area contributed by atoms with E-state index >= 15 is 0 Å². The molecule has 0 aliphatic carbocycles. The minimum Gasteiger partial charge on any atom is -0.484 e. The fourth-order valence-electron chi connectivity index (χ4n) is 3.30. The second-order valence-electron chi connectivity index (χ2n) is 7.11. The molecular formula is C22H23FN6O2. The smallest absolute Gasteiger partial charge is 0.260 e. The molecule has 1 N–H and O–H groups in total. The zero-order valence-corrected chi connectivity index (χ0v) is 17.2. The lowest BCUT2D eigenvalue weighted by Gasteiger charge is -2.35. The molecule has 0 radical (unpaired) electrons. The highest BCUT2D eigenvalue weighted by molar-refractivity contribution is 5.78. The van der Waals surface area contributed by atoms with Crippen LogP contribution >= 0.6 is 0 Å². The maximum Gasteiger partial charge on any atom is 0.260 e. The molecule has 0 atom stereocenters. The lowest BCUT2D eigenvalue weighted by molar-refractivity contribution is -0.133. The number of benzene rings is 1. The minimum atomic E-state index is -0.340. The van der Waals surface area contributed by atoms with Gasteiger partial charge in [0.25, 0.3) is 5.91 Å². The molecule has 0 unspecified atom stereocenters. The summed E-state index contributed by atoms with van der Waals surface area (Å²) >= 11 is 0. The first-order valence-corrected chi connectivity index (χ1v) is 10.0. The summed E-state index contributed by atoms with van der Waals surface area (Å²) in [5.41, 5.74) is 0. The molecule has 3 aromatic rings. The fraction of sp³-hybridized carbons (Fsp3) is 0.273. The molecule has 1 aliphatic heterocycles. The van der Waals surface area contributed by atoms with Gasteiger partial charge in [0.15, 0.2) is 6.61 Å². The van der Waals surface area contributed by atoms with Crippen LogP contribution in [-0.2, 0) is 4.79 Å². The van der Waals surface area contributed by atoms with E-state index < -0.39 is 0 Å². The van der Waals surface area contributed by atoms with Crippen molar-refractivity contribution < 1.29 is 13.9 Å². The quantitative estimate of drug-likeness (QED) is 0.654. The first kappa shape index (κ1) is 20.5. The standard InChI is InChI=1S/C22H23FN6O2/c1-16-25-20(27-19-4-2-3-9-24-19)14-21(26-16)28-10-12-29(13-11-28)22(30)15-31-18-7-5-17(23)6-8-18/h2-9,14H,10-13,15H2,1H3,(H,24,25,26,27). The van der Waals surface area contributed by atoms with Crippen LogP contribution in [0.25, 0.3) is 0 Å². The van der Waals surface area contributed by atoms with E-state index in [4.69, 9.17) is 4.74 Å². The number of nitrogens with one attached hydrogen (secondary N) is 1. The molecule has 3 heterocycles. The highest BCUT2D eigenvalue weighted by Crippen LogP contribution is 2.20. The maximum atomic E-state index is 13.0. The van der Waals surface area contributed by atoms with Crippen LogP contribution in [-0.4, -0.2) is 58.5 Å². The van der Waals surface area contributed by atoms with Gasteiger partial charge in [-0.15, -0.1) is 0 Å². The molecule has 8 nitrogen and oxygen atoms in total. The Morgan fingerprint density at radius 1 is 1.06 bits per heavy atom. The van der Waals surface area contributed by atoms with E-state index in [1.54, 1.807) is 11.1 Å². The van der Waals surface area contributed by atoms with Crippen LogP contribution < -0.4 is 15.0 Å². The minimum absolute atomic E-state index is 0.0730. The number of aromatic nitrogens is 3. The molecule has 1 saturated heterocycles. The summed E-state index contributed by atoms with van der Waals surface area (Å²) in [6.45, 7) is 4.22. The lowest BCUT2D eigenvalue weighted by atomic mass is 10.3. The van der Waals surface area contributed by atoms with Gasteiger partial charge < -0.3 is 19.9 Å². The van der Waals surface area contributed by atoms with Crippen LogP contribution in [0.2, 0.25) is 0 Å². The number of carbonyl (C=O) groups is 1. The van der Waals surface area contributed by atoms with Crippen LogP contribution in [0.4, 0.5) is 21.8 Å². The van der Waals surface area contributed by atoms with Gasteiger partial charge in [-0.05, 0) is 43.3 Å². The number of nitrogens with zero attached hydrogens (tertiary/aromatic N) is 5. The number of anilines is 3. The van der Waals surface area contributed by atoms with Crippen molar-refractivity contribution in [1.29, 1.82) is 0 Å². The van der Waals surface area contributed by atoms with Gasteiger partial charge in [-0.25, -0.2) is 19.3 Å². The van der Waals surface area contributed by atoms with E-state index in [0.717, 1.165) is 5.82 Å². The molecule has 160 valence electrons. The third-order valence-electron chi connectivity index (χ3n) is 4.88. The first-order chi connectivity index (χ1) is 15.1. The number of piperazine rings is 1. The molecular weight excluding hydrogens is 399 g/mol. The Bertz CT molecular complexity index is 1020. The fourth-order valence-corrected chi connectivity index (χ4v) is 3.30. The van der Waals surface area contributed by atoms with Crippen molar-refractivity contribution in [1.82, 2.24) is 19.9 Å². The predicted molar refractivity (Wildman–Crippen MR) is 115 cm³/mol. The number of ether oxygens (including phenoxy) is 1. The van der Waals surface area contributed by atoms with Crippen LogP contribution in [0.1, 0.15) is 5.82 Å². The van der Waals surface area contributed by atoms with Crippen molar-refractivity contribution in [3.8, 4) is 5.75 Å². The van der Waals surface area contributed by atoms with Crippen molar-refractivity contribution in [3.63, 3.8) is 0 Å². The molecule has 0 bridgehead atoms. The highest BCUT2D eigenvalue weighted by Gasteiger charge is 2.23. The molecule has 0 spiro atoms. The average molecular weight is 422 g/mol. The second kappa shape index (κ2) is 9.38. The predicted octanol–water partition coefficient (Wildman–Crippen LogP) is 2.79. The summed E-state index contributed by atoms with van der Waals surface area (Å²) in [4.78, 5) is 29.6. The van der Waals surface area contributed by atoms with Crippen molar-refractivity contribution in [2.75, 3.05) is 43.0 Å². The van der Waals surface area contributed by atoms with E-state index in [1.807, 2.05) is 31.2 Å². The summed E-state index contributed by atoms with van der Waals surface area (Å²) in [5, 5.41) is 3.19. The number of pyridine rings is 1. The Kier molecular flexibility index (Phi) is 6.21. The molecule has 1 aliphatic rings.